The summed E-state index contributed by atoms with van der Waals surface area (Å²) in [4.78, 5) is 20.3. The molecule has 0 saturated carbocycles. The van der Waals surface area contributed by atoms with Gasteiger partial charge in [-0.2, -0.15) is 0 Å². The number of benzene rings is 1. The highest BCUT2D eigenvalue weighted by atomic mass is 16.6. The highest BCUT2D eigenvalue weighted by molar-refractivity contribution is 6.01. The van der Waals surface area contributed by atoms with E-state index in [0.717, 1.165) is 0 Å². The van der Waals surface area contributed by atoms with Gasteiger partial charge in [-0.15, -0.1) is 0 Å². The molecule has 0 aliphatic heterocycles. The molecule has 0 atom stereocenters. The molecule has 0 amide bonds. The van der Waals surface area contributed by atoms with E-state index in [4.69, 9.17) is 10.3 Å². The van der Waals surface area contributed by atoms with Crippen molar-refractivity contribution in [3.8, 4) is 0 Å². The van der Waals surface area contributed by atoms with Crippen LogP contribution in [0.25, 0.3) is 0 Å². The van der Waals surface area contributed by atoms with Crippen LogP contribution in [-0.2, 0) is 4.79 Å². The van der Waals surface area contributed by atoms with Crippen LogP contribution in [0.5, 0.6) is 0 Å². The molecule has 0 spiro atoms. The minimum Gasteiger partial charge on any atom is -0.481 e. The maximum absolute atomic E-state index is 10.5. The molecule has 1 rings (SSSR count). The number of aliphatic carboxylic acids is 1. The average Bonchev–Trinajstić information content (AvgIpc) is 2.30. The van der Waals surface area contributed by atoms with Gasteiger partial charge in [0.15, 0.2) is 0 Å². The first-order chi connectivity index (χ1) is 8.04. The molecule has 90 valence electrons. The van der Waals surface area contributed by atoms with E-state index < -0.39 is 10.9 Å². The van der Waals surface area contributed by atoms with Gasteiger partial charge in [0.05, 0.1) is 17.1 Å². The fraction of sp³-hybridized carbons (Fsp3) is 0.200. The number of carboxylic acid groups (broad SMARTS) is 1. The van der Waals surface area contributed by atoms with Gasteiger partial charge in [-0.1, -0.05) is 17.3 Å². The lowest BCUT2D eigenvalue weighted by Gasteiger charge is -2.02. The van der Waals surface area contributed by atoms with Crippen molar-refractivity contribution in [3.05, 3.63) is 39.9 Å². The number of oxime groups is 1. The van der Waals surface area contributed by atoms with Crippen molar-refractivity contribution >= 4 is 17.4 Å². The lowest BCUT2D eigenvalue weighted by atomic mass is 10.1. The fourth-order valence-electron chi connectivity index (χ4n) is 1.28. The predicted molar refractivity (Wildman–Crippen MR) is 58.3 cm³/mol. The number of hydrogen-bond acceptors (Lipinski definition) is 5. The van der Waals surface area contributed by atoms with Crippen molar-refractivity contribution in [3.63, 3.8) is 0 Å². The number of nitrogens with zero attached hydrogens (tertiary/aromatic N) is 2. The van der Waals surface area contributed by atoms with Crippen molar-refractivity contribution in [1.29, 1.82) is 0 Å². The summed E-state index contributed by atoms with van der Waals surface area (Å²) in [5.74, 6) is -1.03. The second-order valence-electron chi connectivity index (χ2n) is 3.25. The smallest absolute Gasteiger partial charge is 0.303 e. The normalized spacial score (nSPS) is 11.2. The number of rotatable bonds is 5. The van der Waals surface area contributed by atoms with Crippen molar-refractivity contribution in [2.24, 2.45) is 5.16 Å². The summed E-state index contributed by atoms with van der Waals surface area (Å²) < 4.78 is 0. The van der Waals surface area contributed by atoms with E-state index in [0.29, 0.717) is 5.56 Å². The molecule has 1 aromatic rings. The van der Waals surface area contributed by atoms with E-state index in [9.17, 15) is 14.9 Å². The summed E-state index contributed by atoms with van der Waals surface area (Å²) in [6.45, 7) is 0. The molecule has 0 bridgehead atoms. The molecular formula is C10H10N2O5. The van der Waals surface area contributed by atoms with Crippen LogP contribution in [0, 0.1) is 10.1 Å². The SMILES string of the molecule is O=C(O)CCC(=NO)c1cccc([N+](=O)[O-])c1. The monoisotopic (exact) mass is 238 g/mol. The molecule has 1 aromatic carbocycles. The zero-order valence-corrected chi connectivity index (χ0v) is 8.74. The second kappa shape index (κ2) is 5.59. The third-order valence-corrected chi connectivity index (χ3v) is 2.09. The lowest BCUT2D eigenvalue weighted by Crippen LogP contribution is -2.05. The Labute approximate surface area is 96.1 Å². The largest absolute Gasteiger partial charge is 0.481 e. The van der Waals surface area contributed by atoms with Crippen LogP contribution in [-0.4, -0.2) is 26.9 Å². The van der Waals surface area contributed by atoms with Crippen molar-refractivity contribution in [2.45, 2.75) is 12.8 Å². The predicted octanol–water partition coefficient (Wildman–Crippen LogP) is 1.64. The molecule has 7 nitrogen and oxygen atoms in total. The van der Waals surface area contributed by atoms with Crippen LogP contribution < -0.4 is 0 Å². The Morgan fingerprint density at radius 2 is 2.12 bits per heavy atom. The van der Waals surface area contributed by atoms with Gasteiger partial charge in [0, 0.05) is 24.1 Å². The number of non-ortho nitro benzene ring substituents is 1. The van der Waals surface area contributed by atoms with Crippen LogP contribution in [0.4, 0.5) is 5.69 Å². The summed E-state index contributed by atoms with van der Waals surface area (Å²) in [5, 5.41) is 30.8. The highest BCUT2D eigenvalue weighted by Crippen LogP contribution is 2.15. The Hall–Kier alpha value is -2.44. The van der Waals surface area contributed by atoms with E-state index in [1.807, 2.05) is 0 Å². The van der Waals surface area contributed by atoms with Crippen LogP contribution in [0.3, 0.4) is 0 Å². The first-order valence-corrected chi connectivity index (χ1v) is 4.72. The van der Waals surface area contributed by atoms with Crippen LogP contribution in [0.15, 0.2) is 29.4 Å². The van der Waals surface area contributed by atoms with Crippen LogP contribution in [0.1, 0.15) is 18.4 Å². The molecular weight excluding hydrogens is 228 g/mol. The van der Waals surface area contributed by atoms with Crippen LogP contribution in [0.2, 0.25) is 0 Å². The molecule has 0 unspecified atom stereocenters. The summed E-state index contributed by atoms with van der Waals surface area (Å²) in [6, 6.07) is 5.50. The molecule has 0 aliphatic carbocycles. The molecule has 0 aliphatic rings. The molecule has 17 heavy (non-hydrogen) atoms. The Balaban J connectivity index is 2.93. The first-order valence-electron chi connectivity index (χ1n) is 4.72. The maximum Gasteiger partial charge on any atom is 0.303 e. The van der Waals surface area contributed by atoms with Crippen molar-refractivity contribution < 1.29 is 20.0 Å². The second-order valence-corrected chi connectivity index (χ2v) is 3.25. The zero-order chi connectivity index (χ0) is 12.8. The van der Waals surface area contributed by atoms with Crippen LogP contribution >= 0.6 is 0 Å². The molecule has 2 N–H and O–H groups in total. The lowest BCUT2D eigenvalue weighted by molar-refractivity contribution is -0.384. The van der Waals surface area contributed by atoms with Gasteiger partial charge >= 0.3 is 5.97 Å². The Bertz CT molecular complexity index is 470. The Morgan fingerprint density at radius 3 is 2.65 bits per heavy atom. The Kier molecular flexibility index (Phi) is 4.15. The van der Waals surface area contributed by atoms with E-state index in [2.05, 4.69) is 5.16 Å². The minimum absolute atomic E-state index is 0.00695. The number of nitro groups is 1. The van der Waals surface area contributed by atoms with E-state index in [1.165, 1.54) is 24.3 Å². The highest BCUT2D eigenvalue weighted by Gasteiger charge is 2.11. The fourth-order valence-corrected chi connectivity index (χ4v) is 1.28. The summed E-state index contributed by atoms with van der Waals surface area (Å²) in [7, 11) is 0. The molecule has 0 heterocycles. The van der Waals surface area contributed by atoms with Gasteiger partial charge in [0.1, 0.15) is 0 Å². The maximum atomic E-state index is 10.5. The number of nitro benzene ring substituents is 1. The standard InChI is InChI=1S/C10H10N2O5/c13-10(14)5-4-9(11-15)7-2-1-3-8(6-7)12(16)17/h1-3,6,15H,4-5H2,(H,13,14). The Morgan fingerprint density at radius 1 is 1.41 bits per heavy atom. The van der Waals surface area contributed by atoms with Gasteiger partial charge in [0.25, 0.3) is 5.69 Å². The van der Waals surface area contributed by atoms with Gasteiger partial charge < -0.3 is 10.3 Å². The minimum atomic E-state index is -1.03. The number of carbonyl (C=O) groups is 1. The third-order valence-electron chi connectivity index (χ3n) is 2.09. The van der Waals surface area contributed by atoms with Gasteiger partial charge in [-0.3, -0.25) is 14.9 Å². The number of hydrogen-bond donors (Lipinski definition) is 2. The average molecular weight is 238 g/mol. The molecule has 0 fully saturated rings. The first kappa shape index (κ1) is 12.6. The summed E-state index contributed by atoms with van der Waals surface area (Å²) >= 11 is 0. The molecule has 0 aromatic heterocycles. The van der Waals surface area contributed by atoms with Crippen molar-refractivity contribution in [2.75, 3.05) is 0 Å². The van der Waals surface area contributed by atoms with Gasteiger partial charge in [-0.05, 0) is 0 Å². The third kappa shape index (κ3) is 3.56. The zero-order valence-electron chi connectivity index (χ0n) is 8.74. The summed E-state index contributed by atoms with van der Waals surface area (Å²) in [5.41, 5.74) is 0.304. The summed E-state index contributed by atoms with van der Waals surface area (Å²) in [6.07, 6.45) is -0.199. The van der Waals surface area contributed by atoms with E-state index in [-0.39, 0.29) is 24.2 Å². The van der Waals surface area contributed by atoms with Gasteiger partial charge in [-0.25, -0.2) is 0 Å². The molecule has 0 radical (unpaired) electrons. The topological polar surface area (TPSA) is 113 Å². The quantitative estimate of drug-likeness (QED) is 0.350. The number of carboxylic acids is 1. The van der Waals surface area contributed by atoms with Crippen molar-refractivity contribution in [1.82, 2.24) is 0 Å². The molecule has 7 heteroatoms. The van der Waals surface area contributed by atoms with Gasteiger partial charge in [0.2, 0.25) is 0 Å². The van der Waals surface area contributed by atoms with E-state index >= 15 is 0 Å². The molecule has 0 saturated heterocycles. The van der Waals surface area contributed by atoms with E-state index in [1.54, 1.807) is 0 Å².